The van der Waals surface area contributed by atoms with Gasteiger partial charge in [0, 0.05) is 30.7 Å². The molecular weight excluding hydrogens is 428 g/mol. The summed E-state index contributed by atoms with van der Waals surface area (Å²) in [6, 6.07) is 14.5. The number of likely N-dealkylation sites (tertiary alicyclic amines) is 1. The van der Waals surface area contributed by atoms with Crippen molar-refractivity contribution >= 4 is 12.0 Å². The van der Waals surface area contributed by atoms with Gasteiger partial charge in [-0.1, -0.05) is 42.0 Å². The molecule has 2 aromatic carbocycles. The Bertz CT molecular complexity index is 962. The Morgan fingerprint density at radius 3 is 2.29 bits per heavy atom. The van der Waals surface area contributed by atoms with Gasteiger partial charge in [-0.25, -0.2) is 0 Å². The van der Waals surface area contributed by atoms with Gasteiger partial charge in [-0.3, -0.25) is 9.69 Å². The maximum atomic E-state index is 13.9. The van der Waals surface area contributed by atoms with E-state index in [1.165, 1.54) is 0 Å². The summed E-state index contributed by atoms with van der Waals surface area (Å²) in [7, 11) is 4.69. The smallest absolute Gasteiger partial charge is 0.254 e. The van der Waals surface area contributed by atoms with Crippen LogP contribution in [0.25, 0.3) is 6.08 Å². The zero-order chi connectivity index (χ0) is 24.7. The number of carbonyl (C=O) groups excluding carboxylic acids is 1. The minimum absolute atomic E-state index is 0.0457. The second kappa shape index (κ2) is 11.9. The Hall–Kier alpha value is -2.99. The average molecular weight is 467 g/mol. The van der Waals surface area contributed by atoms with Crippen LogP contribution < -0.4 is 14.2 Å². The number of benzene rings is 2. The standard InChI is InChI=1S/C28H38N2O4/c1-20(2)30-14-10-13-24(30)19-29(18-21(3)15-22-11-8-7-9-12-22)28(31)23-16-25(32-4)27(34-6)26(17-23)33-5/h7-9,11-12,15-17,20,24H,10,13-14,18-19H2,1-6H3/t24-/m0/s1. The highest BCUT2D eigenvalue weighted by molar-refractivity contribution is 5.96. The fraction of sp³-hybridized carbons (Fsp3) is 0.464. The molecule has 0 aliphatic carbocycles. The number of hydrogen-bond acceptors (Lipinski definition) is 5. The molecule has 2 aromatic rings. The van der Waals surface area contributed by atoms with Crippen LogP contribution in [0.3, 0.4) is 0 Å². The van der Waals surface area contributed by atoms with Crippen LogP contribution in [0.5, 0.6) is 17.2 Å². The summed E-state index contributed by atoms with van der Waals surface area (Å²) in [6.07, 6.45) is 4.40. The zero-order valence-electron chi connectivity index (χ0n) is 21.3. The molecule has 1 amide bonds. The maximum Gasteiger partial charge on any atom is 0.254 e. The van der Waals surface area contributed by atoms with Gasteiger partial charge in [0.2, 0.25) is 5.75 Å². The molecule has 6 heteroatoms. The quantitative estimate of drug-likeness (QED) is 0.486. The third-order valence-electron chi connectivity index (χ3n) is 6.37. The van der Waals surface area contributed by atoms with E-state index in [0.29, 0.717) is 48.0 Å². The molecule has 6 nitrogen and oxygen atoms in total. The highest BCUT2D eigenvalue weighted by Gasteiger charge is 2.30. The summed E-state index contributed by atoms with van der Waals surface area (Å²) in [5, 5.41) is 0. The van der Waals surface area contributed by atoms with Gasteiger partial charge in [0.15, 0.2) is 11.5 Å². The van der Waals surface area contributed by atoms with Gasteiger partial charge in [-0.05, 0) is 57.9 Å². The molecule has 1 saturated heterocycles. The maximum absolute atomic E-state index is 13.9. The molecule has 0 unspecified atom stereocenters. The van der Waals surface area contributed by atoms with E-state index in [-0.39, 0.29) is 5.91 Å². The summed E-state index contributed by atoms with van der Waals surface area (Å²) < 4.78 is 16.4. The molecule has 0 bridgehead atoms. The Morgan fingerprint density at radius 1 is 1.09 bits per heavy atom. The van der Waals surface area contributed by atoms with Crippen molar-refractivity contribution in [2.45, 2.75) is 45.7 Å². The number of amides is 1. The van der Waals surface area contributed by atoms with E-state index in [4.69, 9.17) is 14.2 Å². The average Bonchev–Trinajstić information content (AvgIpc) is 3.31. The van der Waals surface area contributed by atoms with Gasteiger partial charge < -0.3 is 19.1 Å². The van der Waals surface area contributed by atoms with Gasteiger partial charge in [0.25, 0.3) is 5.91 Å². The molecule has 0 spiro atoms. The number of nitrogens with zero attached hydrogens (tertiary/aromatic N) is 2. The van der Waals surface area contributed by atoms with Gasteiger partial charge in [0.1, 0.15) is 0 Å². The van der Waals surface area contributed by atoms with E-state index in [2.05, 4.69) is 43.9 Å². The van der Waals surface area contributed by atoms with Crippen molar-refractivity contribution in [3.05, 3.63) is 59.2 Å². The van der Waals surface area contributed by atoms with Crippen LogP contribution in [-0.2, 0) is 0 Å². The van der Waals surface area contributed by atoms with Gasteiger partial charge in [-0.2, -0.15) is 0 Å². The van der Waals surface area contributed by atoms with E-state index in [1.54, 1.807) is 33.5 Å². The number of hydrogen-bond donors (Lipinski definition) is 0. The minimum Gasteiger partial charge on any atom is -0.493 e. The first-order chi connectivity index (χ1) is 16.4. The molecule has 34 heavy (non-hydrogen) atoms. The third-order valence-corrected chi connectivity index (χ3v) is 6.37. The van der Waals surface area contributed by atoms with Crippen molar-refractivity contribution in [1.29, 1.82) is 0 Å². The van der Waals surface area contributed by atoms with E-state index < -0.39 is 0 Å². The third kappa shape index (κ3) is 6.11. The predicted molar refractivity (Wildman–Crippen MR) is 137 cm³/mol. The van der Waals surface area contributed by atoms with Crippen LogP contribution in [0.2, 0.25) is 0 Å². The summed E-state index contributed by atoms with van der Waals surface area (Å²) in [6.45, 7) is 8.83. The highest BCUT2D eigenvalue weighted by Crippen LogP contribution is 2.38. The second-order valence-corrected chi connectivity index (χ2v) is 9.13. The number of methoxy groups -OCH3 is 3. The molecule has 0 N–H and O–H groups in total. The lowest BCUT2D eigenvalue weighted by Crippen LogP contribution is -2.45. The molecule has 0 radical (unpaired) electrons. The van der Waals surface area contributed by atoms with Crippen molar-refractivity contribution in [1.82, 2.24) is 9.80 Å². The molecule has 0 saturated carbocycles. The molecule has 1 aliphatic heterocycles. The van der Waals surface area contributed by atoms with Gasteiger partial charge >= 0.3 is 0 Å². The summed E-state index contributed by atoms with van der Waals surface area (Å²) in [4.78, 5) is 18.3. The molecule has 184 valence electrons. The first kappa shape index (κ1) is 25.6. The van der Waals surface area contributed by atoms with Crippen molar-refractivity contribution in [3.63, 3.8) is 0 Å². The van der Waals surface area contributed by atoms with Crippen LogP contribution >= 0.6 is 0 Å². The Labute approximate surface area is 204 Å². The van der Waals surface area contributed by atoms with Gasteiger partial charge in [-0.15, -0.1) is 0 Å². The lowest BCUT2D eigenvalue weighted by Gasteiger charge is -2.33. The molecular formula is C28H38N2O4. The lowest BCUT2D eigenvalue weighted by molar-refractivity contribution is 0.0705. The fourth-order valence-electron chi connectivity index (χ4n) is 4.78. The Kier molecular flexibility index (Phi) is 8.99. The van der Waals surface area contributed by atoms with Crippen LogP contribution in [0.1, 0.15) is 49.5 Å². The second-order valence-electron chi connectivity index (χ2n) is 9.13. The molecule has 3 rings (SSSR count). The molecule has 1 atom stereocenters. The Morgan fingerprint density at radius 2 is 1.74 bits per heavy atom. The first-order valence-corrected chi connectivity index (χ1v) is 11.9. The number of rotatable bonds is 10. The van der Waals surface area contributed by atoms with Crippen LogP contribution in [0, 0.1) is 0 Å². The van der Waals surface area contributed by atoms with Crippen LogP contribution in [-0.4, -0.2) is 68.8 Å². The summed E-state index contributed by atoms with van der Waals surface area (Å²) in [5.74, 6) is 1.39. The van der Waals surface area contributed by atoms with Crippen LogP contribution in [0.15, 0.2) is 48.0 Å². The van der Waals surface area contributed by atoms with Crippen molar-refractivity contribution in [2.24, 2.45) is 0 Å². The normalized spacial score (nSPS) is 16.6. The highest BCUT2D eigenvalue weighted by atomic mass is 16.5. The van der Waals surface area contributed by atoms with Crippen molar-refractivity contribution in [3.8, 4) is 17.2 Å². The largest absolute Gasteiger partial charge is 0.493 e. The summed E-state index contributed by atoms with van der Waals surface area (Å²) >= 11 is 0. The van der Waals surface area contributed by atoms with E-state index in [9.17, 15) is 4.79 Å². The zero-order valence-corrected chi connectivity index (χ0v) is 21.3. The SMILES string of the molecule is COc1cc(C(=O)N(CC(C)=Cc2ccccc2)C[C@@H]2CCCN2C(C)C)cc(OC)c1OC. The van der Waals surface area contributed by atoms with E-state index in [1.807, 2.05) is 23.1 Å². The van der Waals surface area contributed by atoms with Crippen molar-refractivity contribution < 1.29 is 19.0 Å². The topological polar surface area (TPSA) is 51.2 Å². The number of ether oxygens (including phenoxy) is 3. The monoisotopic (exact) mass is 466 g/mol. The minimum atomic E-state index is -0.0457. The molecule has 1 heterocycles. The van der Waals surface area contributed by atoms with E-state index >= 15 is 0 Å². The Balaban J connectivity index is 1.94. The first-order valence-electron chi connectivity index (χ1n) is 11.9. The van der Waals surface area contributed by atoms with Crippen LogP contribution in [0.4, 0.5) is 0 Å². The summed E-state index contributed by atoms with van der Waals surface area (Å²) in [5.41, 5.74) is 2.78. The van der Waals surface area contributed by atoms with E-state index in [0.717, 1.165) is 30.5 Å². The molecule has 1 fully saturated rings. The molecule has 0 aromatic heterocycles. The van der Waals surface area contributed by atoms with Crippen molar-refractivity contribution in [2.75, 3.05) is 41.0 Å². The number of carbonyl (C=O) groups is 1. The van der Waals surface area contributed by atoms with Gasteiger partial charge in [0.05, 0.1) is 21.3 Å². The molecule has 1 aliphatic rings. The lowest BCUT2D eigenvalue weighted by atomic mass is 10.1. The predicted octanol–water partition coefficient (Wildman–Crippen LogP) is 5.13. The fourth-order valence-corrected chi connectivity index (χ4v) is 4.78.